The van der Waals surface area contributed by atoms with Crippen molar-refractivity contribution in [3.63, 3.8) is 0 Å². The van der Waals surface area contributed by atoms with Crippen molar-refractivity contribution in [2.75, 3.05) is 32.2 Å². The SMILES string of the molecule is CNc1nc(=O)n(-c2ccccc2)c2cc(Cl)cc(OCC3COC3)c12. The van der Waals surface area contributed by atoms with Gasteiger partial charge in [0.15, 0.2) is 0 Å². The zero-order valence-corrected chi connectivity index (χ0v) is 15.0. The lowest BCUT2D eigenvalue weighted by molar-refractivity contribution is -0.0506. The van der Waals surface area contributed by atoms with Crippen LogP contribution in [0.15, 0.2) is 47.3 Å². The Morgan fingerprint density at radius 2 is 2.08 bits per heavy atom. The van der Waals surface area contributed by atoms with Crippen molar-refractivity contribution in [2.45, 2.75) is 0 Å². The molecule has 1 saturated heterocycles. The summed E-state index contributed by atoms with van der Waals surface area (Å²) in [5, 5.41) is 4.21. The molecule has 1 aromatic heterocycles. The number of hydrogen-bond acceptors (Lipinski definition) is 5. The summed E-state index contributed by atoms with van der Waals surface area (Å²) in [4.78, 5) is 16.9. The number of fused-ring (bicyclic) bond motifs is 1. The van der Waals surface area contributed by atoms with Crippen LogP contribution in [0.5, 0.6) is 5.75 Å². The lowest BCUT2D eigenvalue weighted by Crippen LogP contribution is -2.32. The minimum Gasteiger partial charge on any atom is -0.492 e. The van der Waals surface area contributed by atoms with Crippen LogP contribution in [0.25, 0.3) is 16.6 Å². The molecule has 2 heterocycles. The van der Waals surface area contributed by atoms with Crippen LogP contribution < -0.4 is 15.7 Å². The molecular weight excluding hydrogens is 354 g/mol. The van der Waals surface area contributed by atoms with Crippen LogP contribution in [0.3, 0.4) is 0 Å². The molecule has 6 nitrogen and oxygen atoms in total. The van der Waals surface area contributed by atoms with Crippen molar-refractivity contribution in [1.29, 1.82) is 0 Å². The summed E-state index contributed by atoms with van der Waals surface area (Å²) in [7, 11) is 1.73. The highest BCUT2D eigenvalue weighted by Crippen LogP contribution is 2.34. The molecule has 1 N–H and O–H groups in total. The molecule has 7 heteroatoms. The van der Waals surface area contributed by atoms with Crippen LogP contribution >= 0.6 is 11.6 Å². The Bertz CT molecular complexity index is 1000. The third kappa shape index (κ3) is 3.02. The number of hydrogen-bond donors (Lipinski definition) is 1. The van der Waals surface area contributed by atoms with E-state index in [1.54, 1.807) is 23.7 Å². The van der Waals surface area contributed by atoms with Gasteiger partial charge in [-0.25, -0.2) is 4.79 Å². The predicted octanol–water partition coefficient (Wildman–Crippen LogP) is 3.11. The molecule has 0 unspecified atom stereocenters. The number of rotatable bonds is 5. The van der Waals surface area contributed by atoms with E-state index < -0.39 is 0 Å². The van der Waals surface area contributed by atoms with Crippen molar-refractivity contribution in [1.82, 2.24) is 9.55 Å². The molecule has 4 rings (SSSR count). The number of nitrogens with one attached hydrogen (secondary N) is 1. The fourth-order valence-electron chi connectivity index (χ4n) is 3.00. The van der Waals surface area contributed by atoms with E-state index in [1.165, 1.54) is 0 Å². The fraction of sp³-hybridized carbons (Fsp3) is 0.263. The molecule has 2 aromatic carbocycles. The van der Waals surface area contributed by atoms with Gasteiger partial charge in [-0.1, -0.05) is 29.8 Å². The molecule has 0 saturated carbocycles. The zero-order chi connectivity index (χ0) is 18.1. The number of halogens is 1. The molecule has 26 heavy (non-hydrogen) atoms. The molecule has 0 aliphatic carbocycles. The molecule has 134 valence electrons. The van der Waals surface area contributed by atoms with Gasteiger partial charge in [-0.2, -0.15) is 4.98 Å². The van der Waals surface area contributed by atoms with Crippen LogP contribution in [0.1, 0.15) is 0 Å². The maximum atomic E-state index is 12.7. The number of anilines is 1. The van der Waals surface area contributed by atoms with Gasteiger partial charge in [0, 0.05) is 18.0 Å². The van der Waals surface area contributed by atoms with Crippen LogP contribution in [0.4, 0.5) is 5.82 Å². The van der Waals surface area contributed by atoms with Crippen LogP contribution in [0.2, 0.25) is 5.02 Å². The molecule has 0 radical (unpaired) electrons. The number of benzene rings is 2. The fourth-order valence-corrected chi connectivity index (χ4v) is 3.20. The Morgan fingerprint density at radius 1 is 1.31 bits per heavy atom. The summed E-state index contributed by atoms with van der Waals surface area (Å²) < 4.78 is 12.8. The van der Waals surface area contributed by atoms with Crippen LogP contribution in [-0.4, -0.2) is 36.4 Å². The Kier molecular flexibility index (Phi) is 4.53. The average Bonchev–Trinajstić information content (AvgIpc) is 2.60. The number of nitrogens with zero attached hydrogens (tertiary/aromatic N) is 2. The Labute approximate surface area is 155 Å². The molecule has 1 fully saturated rings. The summed E-state index contributed by atoms with van der Waals surface area (Å²) in [5.41, 5.74) is 0.986. The monoisotopic (exact) mass is 371 g/mol. The standard InChI is InChI=1S/C19H18ClN3O3/c1-21-18-17-15(23(19(24)22-18)14-5-3-2-4-6-14)7-13(20)8-16(17)26-11-12-9-25-10-12/h2-8,12H,9-11H2,1H3,(H,21,22,24). The van der Waals surface area contributed by atoms with E-state index in [1.807, 2.05) is 30.3 Å². The number of aromatic nitrogens is 2. The van der Waals surface area contributed by atoms with Crippen molar-refractivity contribution >= 4 is 28.3 Å². The third-order valence-electron chi connectivity index (χ3n) is 4.36. The maximum absolute atomic E-state index is 12.7. The van der Waals surface area contributed by atoms with Crippen molar-refractivity contribution < 1.29 is 9.47 Å². The van der Waals surface area contributed by atoms with Crippen LogP contribution in [0, 0.1) is 5.92 Å². The van der Waals surface area contributed by atoms with E-state index in [-0.39, 0.29) is 5.69 Å². The van der Waals surface area contributed by atoms with Gasteiger partial charge >= 0.3 is 5.69 Å². The van der Waals surface area contributed by atoms with Gasteiger partial charge < -0.3 is 14.8 Å². The van der Waals surface area contributed by atoms with Crippen LogP contribution in [-0.2, 0) is 4.74 Å². The Balaban J connectivity index is 1.94. The summed E-state index contributed by atoms with van der Waals surface area (Å²) in [5.74, 6) is 1.43. The molecule has 0 bridgehead atoms. The van der Waals surface area contributed by atoms with Crippen molar-refractivity contribution in [2.24, 2.45) is 5.92 Å². The van der Waals surface area contributed by atoms with Gasteiger partial charge in [-0.05, 0) is 24.3 Å². The molecule has 0 amide bonds. The number of para-hydroxylation sites is 1. The van der Waals surface area contributed by atoms with E-state index in [2.05, 4.69) is 10.3 Å². The average molecular weight is 372 g/mol. The predicted molar refractivity (Wildman–Crippen MR) is 102 cm³/mol. The Hall–Kier alpha value is -2.57. The summed E-state index contributed by atoms with van der Waals surface area (Å²) >= 11 is 6.33. The van der Waals surface area contributed by atoms with E-state index in [0.29, 0.717) is 47.8 Å². The van der Waals surface area contributed by atoms with E-state index in [0.717, 1.165) is 11.1 Å². The second kappa shape index (κ2) is 6.97. The quantitative estimate of drug-likeness (QED) is 0.746. The van der Waals surface area contributed by atoms with Crippen molar-refractivity contribution in [3.05, 3.63) is 58.0 Å². The number of ether oxygens (including phenoxy) is 2. The highest BCUT2D eigenvalue weighted by atomic mass is 35.5. The first kappa shape index (κ1) is 16.9. The van der Waals surface area contributed by atoms with Gasteiger partial charge in [-0.15, -0.1) is 0 Å². The zero-order valence-electron chi connectivity index (χ0n) is 14.2. The van der Waals surface area contributed by atoms with Crippen molar-refractivity contribution in [3.8, 4) is 11.4 Å². The highest BCUT2D eigenvalue weighted by molar-refractivity contribution is 6.31. The third-order valence-corrected chi connectivity index (χ3v) is 4.57. The first-order valence-corrected chi connectivity index (χ1v) is 8.75. The lowest BCUT2D eigenvalue weighted by Gasteiger charge is -2.26. The topological polar surface area (TPSA) is 65.4 Å². The summed E-state index contributed by atoms with van der Waals surface area (Å²) in [6, 6.07) is 12.9. The Morgan fingerprint density at radius 3 is 2.73 bits per heavy atom. The molecule has 3 aromatic rings. The molecular formula is C19H18ClN3O3. The highest BCUT2D eigenvalue weighted by Gasteiger charge is 2.21. The minimum absolute atomic E-state index is 0.370. The molecule has 1 aliphatic heterocycles. The lowest BCUT2D eigenvalue weighted by atomic mass is 10.1. The maximum Gasteiger partial charge on any atom is 0.354 e. The first-order chi connectivity index (χ1) is 12.7. The van der Waals surface area contributed by atoms with E-state index in [9.17, 15) is 4.79 Å². The normalized spacial score (nSPS) is 14.2. The minimum atomic E-state index is -0.381. The molecule has 0 spiro atoms. The summed E-state index contributed by atoms with van der Waals surface area (Å²) in [6.45, 7) is 1.93. The van der Waals surface area contributed by atoms with Gasteiger partial charge in [0.05, 0.1) is 36.4 Å². The second-order valence-corrected chi connectivity index (χ2v) is 6.61. The van der Waals surface area contributed by atoms with Gasteiger partial charge in [0.25, 0.3) is 0 Å². The second-order valence-electron chi connectivity index (χ2n) is 6.18. The largest absolute Gasteiger partial charge is 0.492 e. The first-order valence-electron chi connectivity index (χ1n) is 8.37. The van der Waals surface area contributed by atoms with E-state index in [4.69, 9.17) is 21.1 Å². The molecule has 1 aliphatic rings. The van der Waals surface area contributed by atoms with Gasteiger partial charge in [0.1, 0.15) is 11.6 Å². The summed E-state index contributed by atoms with van der Waals surface area (Å²) in [6.07, 6.45) is 0. The molecule has 0 atom stereocenters. The van der Waals surface area contributed by atoms with Gasteiger partial charge in [-0.3, -0.25) is 4.57 Å². The van der Waals surface area contributed by atoms with E-state index >= 15 is 0 Å². The smallest absolute Gasteiger partial charge is 0.354 e. The van der Waals surface area contributed by atoms with Gasteiger partial charge in [0.2, 0.25) is 0 Å².